The van der Waals surface area contributed by atoms with Gasteiger partial charge in [-0.2, -0.15) is 0 Å². The Balaban J connectivity index is 2.97. The van der Waals surface area contributed by atoms with E-state index in [0.717, 1.165) is 0 Å². The molecular formula is C17H28N4O8. The molecule has 0 radical (unpaired) electrons. The lowest BCUT2D eigenvalue weighted by atomic mass is 10.0. The molecule has 0 bridgehead atoms. The van der Waals surface area contributed by atoms with Crippen LogP contribution in [-0.4, -0.2) is 87.2 Å². The number of rotatable bonds is 10. The Kier molecular flexibility index (Phi) is 8.98. The predicted molar refractivity (Wildman–Crippen MR) is 98.4 cm³/mol. The molecule has 4 unspecified atom stereocenters. The highest BCUT2D eigenvalue weighted by Gasteiger charge is 2.39. The maximum Gasteiger partial charge on any atom is 0.326 e. The summed E-state index contributed by atoms with van der Waals surface area (Å²) in [5, 5.41) is 31.8. The number of likely N-dealkylation sites (tertiary alicyclic amines) is 1. The summed E-state index contributed by atoms with van der Waals surface area (Å²) in [6, 6.07) is -4.97. The molecule has 12 heteroatoms. The zero-order chi connectivity index (χ0) is 22.3. The first-order valence-electron chi connectivity index (χ1n) is 9.21. The van der Waals surface area contributed by atoms with Crippen molar-refractivity contribution in [2.24, 2.45) is 11.7 Å². The number of carboxylic acid groups (broad SMARTS) is 2. The number of aliphatic carboxylic acids is 2. The van der Waals surface area contributed by atoms with E-state index in [4.69, 9.17) is 15.9 Å². The van der Waals surface area contributed by atoms with Gasteiger partial charge in [-0.3, -0.25) is 19.2 Å². The summed E-state index contributed by atoms with van der Waals surface area (Å²) in [5.41, 5.74) is 5.36. The summed E-state index contributed by atoms with van der Waals surface area (Å²) in [4.78, 5) is 60.9. The molecule has 0 aromatic rings. The SMILES string of the molecule is CC(C)C(NC(=O)C(CC(=O)O)NC(=O)C(N)CO)C(=O)N1CCCC1C(=O)O. The highest BCUT2D eigenvalue weighted by molar-refractivity contribution is 5.95. The van der Waals surface area contributed by atoms with Crippen molar-refractivity contribution in [2.45, 2.75) is 57.3 Å². The number of aliphatic hydroxyl groups is 1. The number of amides is 3. The van der Waals surface area contributed by atoms with Crippen molar-refractivity contribution in [1.29, 1.82) is 0 Å². The van der Waals surface area contributed by atoms with E-state index in [1.165, 1.54) is 4.90 Å². The highest BCUT2D eigenvalue weighted by Crippen LogP contribution is 2.20. The number of nitrogens with two attached hydrogens (primary N) is 1. The van der Waals surface area contributed by atoms with Crippen LogP contribution < -0.4 is 16.4 Å². The number of carboxylic acids is 2. The average Bonchev–Trinajstić information content (AvgIpc) is 3.13. The topological polar surface area (TPSA) is 199 Å². The van der Waals surface area contributed by atoms with Gasteiger partial charge in [-0.05, 0) is 18.8 Å². The number of aliphatic hydroxyl groups excluding tert-OH is 1. The molecule has 1 aliphatic rings. The van der Waals surface area contributed by atoms with Gasteiger partial charge in [0.05, 0.1) is 13.0 Å². The highest BCUT2D eigenvalue weighted by atomic mass is 16.4. The Morgan fingerprint density at radius 2 is 1.72 bits per heavy atom. The molecule has 0 saturated carbocycles. The number of nitrogens with zero attached hydrogens (tertiary/aromatic N) is 1. The van der Waals surface area contributed by atoms with Gasteiger partial charge < -0.3 is 36.6 Å². The molecule has 29 heavy (non-hydrogen) atoms. The fourth-order valence-electron chi connectivity index (χ4n) is 2.98. The van der Waals surface area contributed by atoms with Crippen LogP contribution in [0.15, 0.2) is 0 Å². The quantitative estimate of drug-likeness (QED) is 0.222. The third kappa shape index (κ3) is 6.68. The van der Waals surface area contributed by atoms with Gasteiger partial charge in [-0.25, -0.2) is 4.79 Å². The maximum absolute atomic E-state index is 12.9. The molecule has 3 amide bonds. The Morgan fingerprint density at radius 3 is 2.21 bits per heavy atom. The van der Waals surface area contributed by atoms with E-state index in [1.807, 2.05) is 0 Å². The standard InChI is InChI=1S/C17H28N4O8/c1-8(2)13(16(27)21-5-3-4-11(21)17(28)29)20-15(26)10(6-12(23)24)19-14(25)9(18)7-22/h8-11,13,22H,3-7,18H2,1-2H3,(H,19,25)(H,20,26)(H,23,24)(H,28,29). The van der Waals surface area contributed by atoms with E-state index in [9.17, 15) is 29.1 Å². The van der Waals surface area contributed by atoms with Crippen LogP contribution >= 0.6 is 0 Å². The average molecular weight is 416 g/mol. The fourth-order valence-corrected chi connectivity index (χ4v) is 2.98. The molecule has 1 fully saturated rings. The van der Waals surface area contributed by atoms with Gasteiger partial charge in [0.15, 0.2) is 0 Å². The normalized spacial score (nSPS) is 19.3. The molecule has 0 spiro atoms. The third-order valence-electron chi connectivity index (χ3n) is 4.60. The van der Waals surface area contributed by atoms with Crippen molar-refractivity contribution in [3.8, 4) is 0 Å². The molecule has 12 nitrogen and oxygen atoms in total. The van der Waals surface area contributed by atoms with Gasteiger partial charge in [0.1, 0.15) is 24.2 Å². The minimum atomic E-state index is -1.53. The number of hydrogen-bond donors (Lipinski definition) is 6. The Bertz CT molecular complexity index is 653. The fraction of sp³-hybridized carbons (Fsp3) is 0.706. The lowest BCUT2D eigenvalue weighted by Gasteiger charge is -2.30. The molecule has 0 aromatic carbocycles. The van der Waals surface area contributed by atoms with Crippen LogP contribution in [0, 0.1) is 5.92 Å². The second kappa shape index (κ2) is 10.7. The lowest BCUT2D eigenvalue weighted by Crippen LogP contribution is -2.59. The summed E-state index contributed by atoms with van der Waals surface area (Å²) in [5.74, 6) is -5.39. The van der Waals surface area contributed by atoms with E-state index >= 15 is 0 Å². The molecule has 7 N–H and O–H groups in total. The van der Waals surface area contributed by atoms with Crippen LogP contribution in [-0.2, 0) is 24.0 Å². The zero-order valence-corrected chi connectivity index (χ0v) is 16.3. The van der Waals surface area contributed by atoms with Crippen LogP contribution in [0.25, 0.3) is 0 Å². The molecule has 1 heterocycles. The summed E-state index contributed by atoms with van der Waals surface area (Å²) in [6.45, 7) is 2.81. The molecule has 0 aliphatic carbocycles. The molecule has 164 valence electrons. The molecule has 4 atom stereocenters. The lowest BCUT2D eigenvalue weighted by molar-refractivity contribution is -0.150. The Hall–Kier alpha value is -2.73. The van der Waals surface area contributed by atoms with E-state index in [-0.39, 0.29) is 6.54 Å². The number of hydrogen-bond acceptors (Lipinski definition) is 7. The maximum atomic E-state index is 12.9. The Labute approximate surface area is 167 Å². The second-order valence-electron chi connectivity index (χ2n) is 7.21. The number of nitrogens with one attached hydrogen (secondary N) is 2. The van der Waals surface area contributed by atoms with Crippen molar-refractivity contribution in [1.82, 2.24) is 15.5 Å². The number of carbonyl (C=O) groups is 5. The number of carbonyl (C=O) groups excluding carboxylic acids is 3. The largest absolute Gasteiger partial charge is 0.481 e. The van der Waals surface area contributed by atoms with Crippen molar-refractivity contribution >= 4 is 29.7 Å². The molecule has 1 rings (SSSR count). The first kappa shape index (κ1) is 24.3. The third-order valence-corrected chi connectivity index (χ3v) is 4.60. The van der Waals surface area contributed by atoms with Gasteiger partial charge in [0.2, 0.25) is 17.7 Å². The molecular weight excluding hydrogens is 388 g/mol. The van der Waals surface area contributed by atoms with Gasteiger partial charge in [0.25, 0.3) is 0 Å². The molecule has 1 saturated heterocycles. The van der Waals surface area contributed by atoms with E-state index in [1.54, 1.807) is 13.8 Å². The van der Waals surface area contributed by atoms with Crippen LogP contribution in [0.4, 0.5) is 0 Å². The van der Waals surface area contributed by atoms with Crippen molar-refractivity contribution in [2.75, 3.05) is 13.2 Å². The van der Waals surface area contributed by atoms with Gasteiger partial charge in [-0.1, -0.05) is 13.8 Å². The van der Waals surface area contributed by atoms with Crippen LogP contribution in [0.3, 0.4) is 0 Å². The van der Waals surface area contributed by atoms with Crippen LogP contribution in [0.2, 0.25) is 0 Å². The first-order valence-corrected chi connectivity index (χ1v) is 9.21. The van der Waals surface area contributed by atoms with Gasteiger partial charge >= 0.3 is 11.9 Å². The minimum Gasteiger partial charge on any atom is -0.481 e. The van der Waals surface area contributed by atoms with Gasteiger partial charge in [-0.15, -0.1) is 0 Å². The van der Waals surface area contributed by atoms with Crippen molar-refractivity contribution < 1.29 is 39.3 Å². The molecule has 0 aromatic heterocycles. The second-order valence-corrected chi connectivity index (χ2v) is 7.21. The summed E-state index contributed by atoms with van der Waals surface area (Å²) >= 11 is 0. The van der Waals surface area contributed by atoms with E-state index in [2.05, 4.69) is 10.6 Å². The van der Waals surface area contributed by atoms with Crippen LogP contribution in [0.1, 0.15) is 33.1 Å². The first-order chi connectivity index (χ1) is 13.5. The Morgan fingerprint density at radius 1 is 1.10 bits per heavy atom. The minimum absolute atomic E-state index is 0.232. The van der Waals surface area contributed by atoms with Gasteiger partial charge in [0, 0.05) is 6.54 Å². The van der Waals surface area contributed by atoms with Crippen LogP contribution in [0.5, 0.6) is 0 Å². The summed E-state index contributed by atoms with van der Waals surface area (Å²) in [7, 11) is 0. The van der Waals surface area contributed by atoms with Crippen molar-refractivity contribution in [3.63, 3.8) is 0 Å². The predicted octanol–water partition coefficient (Wildman–Crippen LogP) is -2.52. The smallest absolute Gasteiger partial charge is 0.326 e. The van der Waals surface area contributed by atoms with Crippen molar-refractivity contribution in [3.05, 3.63) is 0 Å². The monoisotopic (exact) mass is 416 g/mol. The van der Waals surface area contributed by atoms with E-state index < -0.39 is 72.8 Å². The zero-order valence-electron chi connectivity index (χ0n) is 16.3. The van der Waals surface area contributed by atoms with E-state index in [0.29, 0.717) is 12.8 Å². The summed E-state index contributed by atoms with van der Waals surface area (Å²) < 4.78 is 0. The molecule has 1 aliphatic heterocycles. The summed E-state index contributed by atoms with van der Waals surface area (Å²) in [6.07, 6.45) is 0.0466.